The van der Waals surface area contributed by atoms with Gasteiger partial charge in [0.1, 0.15) is 0 Å². The van der Waals surface area contributed by atoms with Crippen molar-refractivity contribution in [3.63, 3.8) is 0 Å². The minimum atomic E-state index is -0.717. The predicted molar refractivity (Wildman–Crippen MR) is 73.8 cm³/mol. The first-order valence-corrected chi connectivity index (χ1v) is 6.30. The van der Waals surface area contributed by atoms with E-state index in [4.69, 9.17) is 9.47 Å². The lowest BCUT2D eigenvalue weighted by Gasteiger charge is -2.21. The van der Waals surface area contributed by atoms with Gasteiger partial charge in [0.25, 0.3) is 0 Å². The number of methoxy groups -OCH3 is 2. The summed E-state index contributed by atoms with van der Waals surface area (Å²) in [4.78, 5) is 0. The number of aliphatic hydroxyl groups is 1. The highest BCUT2D eigenvalue weighted by Gasteiger charge is 2.17. The molecule has 108 valence electrons. The lowest BCUT2D eigenvalue weighted by molar-refractivity contribution is 0.0555. The van der Waals surface area contributed by atoms with Gasteiger partial charge in [-0.15, -0.1) is 0 Å². The van der Waals surface area contributed by atoms with Gasteiger partial charge in [0.2, 0.25) is 5.75 Å². The standard InChI is InChI=1S/C14H23NO4/c1-5-14(2,17)9-15-8-10-6-11(18-3)13(16)12(7-10)19-4/h6-7,15-17H,5,8-9H2,1-4H3. The molecule has 0 saturated carbocycles. The van der Waals surface area contributed by atoms with Crippen LogP contribution in [0.3, 0.4) is 0 Å². The Labute approximate surface area is 114 Å². The van der Waals surface area contributed by atoms with E-state index in [1.54, 1.807) is 19.1 Å². The van der Waals surface area contributed by atoms with Crippen LogP contribution in [0.1, 0.15) is 25.8 Å². The van der Waals surface area contributed by atoms with E-state index in [1.807, 2.05) is 6.92 Å². The fourth-order valence-electron chi connectivity index (χ4n) is 1.65. The van der Waals surface area contributed by atoms with E-state index < -0.39 is 5.60 Å². The van der Waals surface area contributed by atoms with E-state index in [0.717, 1.165) is 5.56 Å². The Hall–Kier alpha value is -1.46. The van der Waals surface area contributed by atoms with E-state index in [0.29, 0.717) is 31.0 Å². The van der Waals surface area contributed by atoms with Gasteiger partial charge in [-0.1, -0.05) is 6.92 Å². The molecule has 1 unspecified atom stereocenters. The second-order valence-corrected chi connectivity index (χ2v) is 4.80. The lowest BCUT2D eigenvalue weighted by atomic mass is 10.0. The molecular weight excluding hydrogens is 246 g/mol. The van der Waals surface area contributed by atoms with Crippen LogP contribution >= 0.6 is 0 Å². The molecule has 0 aliphatic heterocycles. The van der Waals surface area contributed by atoms with Crippen LogP contribution < -0.4 is 14.8 Å². The Morgan fingerprint density at radius 1 is 1.21 bits per heavy atom. The summed E-state index contributed by atoms with van der Waals surface area (Å²) in [5, 5.41) is 22.9. The van der Waals surface area contributed by atoms with Crippen LogP contribution in [0, 0.1) is 0 Å². The van der Waals surface area contributed by atoms with Crippen LogP contribution in [0.2, 0.25) is 0 Å². The third-order valence-electron chi connectivity index (χ3n) is 3.14. The van der Waals surface area contributed by atoms with Crippen molar-refractivity contribution in [1.29, 1.82) is 0 Å². The van der Waals surface area contributed by atoms with Gasteiger partial charge in [0.15, 0.2) is 11.5 Å². The van der Waals surface area contributed by atoms with E-state index in [-0.39, 0.29) is 5.75 Å². The zero-order valence-corrected chi connectivity index (χ0v) is 12.0. The number of rotatable bonds is 7. The molecule has 1 rings (SSSR count). The van der Waals surface area contributed by atoms with Crippen LogP contribution in [0.4, 0.5) is 0 Å². The normalized spacial score (nSPS) is 13.9. The summed E-state index contributed by atoms with van der Waals surface area (Å²) in [7, 11) is 2.99. The maximum atomic E-state index is 9.89. The minimum absolute atomic E-state index is 0.00527. The van der Waals surface area contributed by atoms with Crippen molar-refractivity contribution in [2.45, 2.75) is 32.4 Å². The van der Waals surface area contributed by atoms with E-state index in [9.17, 15) is 10.2 Å². The second kappa shape index (κ2) is 6.63. The van der Waals surface area contributed by atoms with Gasteiger partial charge in [-0.3, -0.25) is 0 Å². The molecule has 5 nitrogen and oxygen atoms in total. The minimum Gasteiger partial charge on any atom is -0.502 e. The molecule has 0 amide bonds. The molecular formula is C14H23NO4. The quantitative estimate of drug-likeness (QED) is 0.702. The highest BCUT2D eigenvalue weighted by molar-refractivity contribution is 5.52. The van der Waals surface area contributed by atoms with Crippen molar-refractivity contribution >= 4 is 0 Å². The molecule has 19 heavy (non-hydrogen) atoms. The number of hydrogen-bond acceptors (Lipinski definition) is 5. The molecule has 3 N–H and O–H groups in total. The van der Waals surface area contributed by atoms with Crippen LogP contribution in [0.15, 0.2) is 12.1 Å². The summed E-state index contributed by atoms with van der Waals surface area (Å²) >= 11 is 0. The smallest absolute Gasteiger partial charge is 0.200 e. The number of ether oxygens (including phenoxy) is 2. The summed E-state index contributed by atoms with van der Waals surface area (Å²) in [6.07, 6.45) is 0.683. The van der Waals surface area contributed by atoms with Crippen molar-refractivity contribution in [3.8, 4) is 17.2 Å². The van der Waals surface area contributed by atoms with Crippen molar-refractivity contribution in [2.75, 3.05) is 20.8 Å². The molecule has 0 spiro atoms. The number of aromatic hydroxyl groups is 1. The number of benzene rings is 1. The van der Waals surface area contributed by atoms with Gasteiger partial charge in [-0.05, 0) is 31.0 Å². The van der Waals surface area contributed by atoms with Gasteiger partial charge in [0, 0.05) is 13.1 Å². The van der Waals surface area contributed by atoms with Gasteiger partial charge in [0.05, 0.1) is 19.8 Å². The molecule has 0 heterocycles. The van der Waals surface area contributed by atoms with E-state index >= 15 is 0 Å². The van der Waals surface area contributed by atoms with Gasteiger partial charge < -0.3 is 25.0 Å². The maximum Gasteiger partial charge on any atom is 0.200 e. The van der Waals surface area contributed by atoms with Crippen LogP contribution in [0.5, 0.6) is 17.2 Å². The molecule has 0 radical (unpaired) electrons. The Morgan fingerprint density at radius 3 is 2.16 bits per heavy atom. The molecule has 0 saturated heterocycles. The zero-order chi connectivity index (χ0) is 14.5. The second-order valence-electron chi connectivity index (χ2n) is 4.80. The van der Waals surface area contributed by atoms with Gasteiger partial charge >= 0.3 is 0 Å². The monoisotopic (exact) mass is 269 g/mol. The van der Waals surface area contributed by atoms with Crippen molar-refractivity contribution in [1.82, 2.24) is 5.32 Å². The fraction of sp³-hybridized carbons (Fsp3) is 0.571. The third-order valence-corrected chi connectivity index (χ3v) is 3.14. The first-order chi connectivity index (χ1) is 8.93. The Balaban J connectivity index is 2.74. The summed E-state index contributed by atoms with van der Waals surface area (Å²) in [6.45, 7) is 4.78. The summed E-state index contributed by atoms with van der Waals surface area (Å²) in [5.74, 6) is 0.742. The van der Waals surface area contributed by atoms with Gasteiger partial charge in [-0.25, -0.2) is 0 Å². The Kier molecular flexibility index (Phi) is 5.44. The van der Waals surface area contributed by atoms with Crippen LogP contribution in [-0.4, -0.2) is 36.6 Å². The molecule has 0 aliphatic rings. The lowest BCUT2D eigenvalue weighted by Crippen LogP contribution is -2.36. The molecule has 0 bridgehead atoms. The molecule has 5 heteroatoms. The summed E-state index contributed by atoms with van der Waals surface area (Å²) in [5.41, 5.74) is 0.198. The maximum absolute atomic E-state index is 9.89. The van der Waals surface area contributed by atoms with E-state index in [2.05, 4.69) is 5.32 Å². The van der Waals surface area contributed by atoms with Crippen LogP contribution in [0.25, 0.3) is 0 Å². The third kappa shape index (κ3) is 4.29. The summed E-state index contributed by atoms with van der Waals surface area (Å²) < 4.78 is 10.2. The molecule has 1 aromatic carbocycles. The highest BCUT2D eigenvalue weighted by atomic mass is 16.5. The molecule has 0 aromatic heterocycles. The number of phenols is 1. The number of phenolic OH excluding ortho intramolecular Hbond substituents is 1. The molecule has 1 atom stereocenters. The average molecular weight is 269 g/mol. The van der Waals surface area contributed by atoms with E-state index in [1.165, 1.54) is 14.2 Å². The first-order valence-electron chi connectivity index (χ1n) is 6.30. The topological polar surface area (TPSA) is 71.0 Å². The molecule has 0 fully saturated rings. The van der Waals surface area contributed by atoms with Crippen molar-refractivity contribution in [3.05, 3.63) is 17.7 Å². The Bertz CT molecular complexity index is 393. The molecule has 1 aromatic rings. The largest absolute Gasteiger partial charge is 0.502 e. The fourth-order valence-corrected chi connectivity index (χ4v) is 1.65. The average Bonchev–Trinajstić information content (AvgIpc) is 2.40. The molecule has 0 aliphatic carbocycles. The predicted octanol–water partition coefficient (Wildman–Crippen LogP) is 1.66. The van der Waals surface area contributed by atoms with Gasteiger partial charge in [-0.2, -0.15) is 0 Å². The Morgan fingerprint density at radius 2 is 1.74 bits per heavy atom. The van der Waals surface area contributed by atoms with Crippen molar-refractivity contribution < 1.29 is 19.7 Å². The van der Waals surface area contributed by atoms with Crippen molar-refractivity contribution in [2.24, 2.45) is 0 Å². The highest BCUT2D eigenvalue weighted by Crippen LogP contribution is 2.36. The zero-order valence-electron chi connectivity index (χ0n) is 12.0. The number of nitrogens with one attached hydrogen (secondary N) is 1. The first kappa shape index (κ1) is 15.6. The summed E-state index contributed by atoms with van der Waals surface area (Å²) in [6, 6.07) is 3.48. The number of hydrogen-bond donors (Lipinski definition) is 3. The SMILES string of the molecule is CCC(C)(O)CNCc1cc(OC)c(O)c(OC)c1. The van der Waals surface area contributed by atoms with Crippen LogP contribution in [-0.2, 0) is 6.54 Å².